The van der Waals surface area contributed by atoms with Crippen LogP contribution in [0.5, 0.6) is 5.75 Å². The normalized spacial score (nSPS) is 19.6. The monoisotopic (exact) mass is 331 g/mol. The molecule has 5 heteroatoms. The minimum atomic E-state index is -2.85. The third-order valence-electron chi connectivity index (χ3n) is 4.21. The van der Waals surface area contributed by atoms with Crippen LogP contribution >= 0.6 is 0 Å². The maximum atomic E-state index is 11.5. The van der Waals surface area contributed by atoms with Crippen molar-refractivity contribution in [2.75, 3.05) is 18.6 Å². The van der Waals surface area contributed by atoms with Gasteiger partial charge in [0.25, 0.3) is 0 Å². The molecule has 0 bridgehead atoms. The van der Waals surface area contributed by atoms with Crippen LogP contribution in [-0.2, 0) is 16.4 Å². The Kier molecular flexibility index (Phi) is 4.68. The van der Waals surface area contributed by atoms with E-state index in [0.29, 0.717) is 13.0 Å². The summed E-state index contributed by atoms with van der Waals surface area (Å²) in [7, 11) is -1.19. The lowest BCUT2D eigenvalue weighted by Crippen LogP contribution is -2.29. The molecule has 0 saturated carbocycles. The van der Waals surface area contributed by atoms with Crippen LogP contribution in [-0.4, -0.2) is 33.1 Å². The molecule has 1 aliphatic rings. The lowest BCUT2D eigenvalue weighted by atomic mass is 10.0. The van der Waals surface area contributed by atoms with Gasteiger partial charge in [0.2, 0.25) is 0 Å². The lowest BCUT2D eigenvalue weighted by Gasteiger charge is -2.14. The molecule has 0 aliphatic carbocycles. The SMILES string of the molecule is COc1cc(-c2ccccc2)ccc1CNC1CCS(=O)(=O)C1. The standard InChI is InChI=1S/C18H21NO3S/c1-22-18-11-15(14-5-3-2-4-6-14)7-8-16(18)12-19-17-9-10-23(20,21)13-17/h2-8,11,17,19H,9-10,12-13H2,1H3. The predicted molar refractivity (Wildman–Crippen MR) is 92.3 cm³/mol. The fourth-order valence-corrected chi connectivity index (χ4v) is 4.62. The second kappa shape index (κ2) is 6.72. The van der Waals surface area contributed by atoms with Gasteiger partial charge < -0.3 is 10.1 Å². The van der Waals surface area contributed by atoms with E-state index in [1.165, 1.54) is 0 Å². The van der Waals surface area contributed by atoms with E-state index in [4.69, 9.17) is 4.74 Å². The number of methoxy groups -OCH3 is 1. The van der Waals surface area contributed by atoms with E-state index in [-0.39, 0.29) is 17.5 Å². The topological polar surface area (TPSA) is 55.4 Å². The highest BCUT2D eigenvalue weighted by Gasteiger charge is 2.27. The first-order valence-corrected chi connectivity index (χ1v) is 9.56. The van der Waals surface area contributed by atoms with Crippen molar-refractivity contribution in [3.8, 4) is 16.9 Å². The molecular formula is C18H21NO3S. The first kappa shape index (κ1) is 16.0. The van der Waals surface area contributed by atoms with Gasteiger partial charge in [-0.1, -0.05) is 42.5 Å². The van der Waals surface area contributed by atoms with Crippen LogP contribution in [0.25, 0.3) is 11.1 Å². The van der Waals surface area contributed by atoms with Gasteiger partial charge in [-0.05, 0) is 23.6 Å². The second-order valence-electron chi connectivity index (χ2n) is 5.87. The molecule has 1 heterocycles. The average Bonchev–Trinajstić information content (AvgIpc) is 2.92. The average molecular weight is 331 g/mol. The summed E-state index contributed by atoms with van der Waals surface area (Å²) in [6.45, 7) is 0.610. The summed E-state index contributed by atoms with van der Waals surface area (Å²) in [5.74, 6) is 1.34. The van der Waals surface area contributed by atoms with Gasteiger partial charge in [0, 0.05) is 18.2 Å². The molecule has 0 radical (unpaired) electrons. The first-order chi connectivity index (χ1) is 11.1. The number of hydrogen-bond donors (Lipinski definition) is 1. The van der Waals surface area contributed by atoms with Crippen LogP contribution in [0.4, 0.5) is 0 Å². The highest BCUT2D eigenvalue weighted by molar-refractivity contribution is 7.91. The number of rotatable bonds is 5. The Morgan fingerprint density at radius 2 is 1.91 bits per heavy atom. The third-order valence-corrected chi connectivity index (χ3v) is 5.98. The van der Waals surface area contributed by atoms with Crippen molar-refractivity contribution in [3.63, 3.8) is 0 Å². The molecule has 3 rings (SSSR count). The van der Waals surface area contributed by atoms with Gasteiger partial charge in [-0.2, -0.15) is 0 Å². The Bertz CT molecular complexity index is 772. The Labute approximate surface area is 137 Å². The smallest absolute Gasteiger partial charge is 0.151 e. The molecule has 0 aromatic heterocycles. The Morgan fingerprint density at radius 1 is 1.13 bits per heavy atom. The fraction of sp³-hybridized carbons (Fsp3) is 0.333. The van der Waals surface area contributed by atoms with E-state index >= 15 is 0 Å². The fourth-order valence-electron chi connectivity index (χ4n) is 2.91. The molecule has 1 N–H and O–H groups in total. The molecule has 1 unspecified atom stereocenters. The molecule has 2 aromatic rings. The third kappa shape index (κ3) is 3.92. The van der Waals surface area contributed by atoms with Gasteiger partial charge in [0.05, 0.1) is 18.6 Å². The Hall–Kier alpha value is -1.85. The number of benzene rings is 2. The quantitative estimate of drug-likeness (QED) is 0.915. The predicted octanol–water partition coefficient (Wildman–Crippen LogP) is 2.64. The molecule has 122 valence electrons. The van der Waals surface area contributed by atoms with Crippen molar-refractivity contribution in [2.24, 2.45) is 0 Å². The van der Waals surface area contributed by atoms with Crippen molar-refractivity contribution in [1.82, 2.24) is 5.32 Å². The van der Waals surface area contributed by atoms with Crippen LogP contribution in [0, 0.1) is 0 Å². The summed E-state index contributed by atoms with van der Waals surface area (Å²) < 4.78 is 28.5. The van der Waals surface area contributed by atoms with Gasteiger partial charge >= 0.3 is 0 Å². The van der Waals surface area contributed by atoms with Crippen molar-refractivity contribution in [1.29, 1.82) is 0 Å². The summed E-state index contributed by atoms with van der Waals surface area (Å²) in [6.07, 6.45) is 0.687. The number of sulfone groups is 1. The second-order valence-corrected chi connectivity index (χ2v) is 8.10. The first-order valence-electron chi connectivity index (χ1n) is 7.73. The van der Waals surface area contributed by atoms with Crippen molar-refractivity contribution < 1.29 is 13.2 Å². The highest BCUT2D eigenvalue weighted by Crippen LogP contribution is 2.27. The van der Waals surface area contributed by atoms with Crippen LogP contribution < -0.4 is 10.1 Å². The largest absolute Gasteiger partial charge is 0.496 e. The van der Waals surface area contributed by atoms with E-state index in [1.807, 2.05) is 30.3 Å². The van der Waals surface area contributed by atoms with E-state index in [2.05, 4.69) is 23.5 Å². The molecule has 1 fully saturated rings. The molecule has 4 nitrogen and oxygen atoms in total. The zero-order valence-electron chi connectivity index (χ0n) is 13.2. The number of nitrogens with one attached hydrogen (secondary N) is 1. The van der Waals surface area contributed by atoms with Crippen LogP contribution in [0.15, 0.2) is 48.5 Å². The summed E-state index contributed by atoms with van der Waals surface area (Å²) in [6, 6.07) is 16.3. The summed E-state index contributed by atoms with van der Waals surface area (Å²) in [5, 5.41) is 3.33. The number of ether oxygens (including phenoxy) is 1. The molecule has 23 heavy (non-hydrogen) atoms. The van der Waals surface area contributed by atoms with Crippen molar-refractivity contribution in [2.45, 2.75) is 19.0 Å². The lowest BCUT2D eigenvalue weighted by molar-refractivity contribution is 0.406. The molecule has 1 aliphatic heterocycles. The zero-order valence-corrected chi connectivity index (χ0v) is 14.0. The van der Waals surface area contributed by atoms with Gasteiger partial charge in [-0.15, -0.1) is 0 Å². The van der Waals surface area contributed by atoms with E-state index < -0.39 is 9.84 Å². The van der Waals surface area contributed by atoms with Gasteiger partial charge in [0.1, 0.15) is 5.75 Å². The summed E-state index contributed by atoms with van der Waals surface area (Å²) in [5.41, 5.74) is 3.29. The molecule has 2 aromatic carbocycles. The maximum absolute atomic E-state index is 11.5. The van der Waals surface area contributed by atoms with Crippen LogP contribution in [0.1, 0.15) is 12.0 Å². The molecule has 1 saturated heterocycles. The minimum Gasteiger partial charge on any atom is -0.496 e. The zero-order chi connectivity index (χ0) is 16.3. The van der Waals surface area contributed by atoms with Crippen LogP contribution in [0.3, 0.4) is 0 Å². The molecule has 0 spiro atoms. The molecular weight excluding hydrogens is 310 g/mol. The van der Waals surface area contributed by atoms with Crippen molar-refractivity contribution >= 4 is 9.84 Å². The Morgan fingerprint density at radius 3 is 2.57 bits per heavy atom. The van der Waals surface area contributed by atoms with E-state index in [9.17, 15) is 8.42 Å². The van der Waals surface area contributed by atoms with Crippen LogP contribution in [0.2, 0.25) is 0 Å². The summed E-state index contributed by atoms with van der Waals surface area (Å²) >= 11 is 0. The summed E-state index contributed by atoms with van der Waals surface area (Å²) in [4.78, 5) is 0. The minimum absolute atomic E-state index is 0.0403. The van der Waals surface area contributed by atoms with E-state index in [0.717, 1.165) is 22.4 Å². The number of hydrogen-bond acceptors (Lipinski definition) is 4. The van der Waals surface area contributed by atoms with Crippen molar-refractivity contribution in [3.05, 3.63) is 54.1 Å². The van der Waals surface area contributed by atoms with E-state index in [1.54, 1.807) is 7.11 Å². The van der Waals surface area contributed by atoms with Gasteiger partial charge in [0.15, 0.2) is 9.84 Å². The maximum Gasteiger partial charge on any atom is 0.151 e. The van der Waals surface area contributed by atoms with Gasteiger partial charge in [-0.25, -0.2) is 8.42 Å². The van der Waals surface area contributed by atoms with Gasteiger partial charge in [-0.3, -0.25) is 0 Å². The molecule has 1 atom stereocenters. The highest BCUT2D eigenvalue weighted by atomic mass is 32.2. The Balaban J connectivity index is 1.73. The molecule has 0 amide bonds.